The number of aromatic nitrogens is 5. The predicted octanol–water partition coefficient (Wildman–Crippen LogP) is 8.29. The van der Waals surface area contributed by atoms with Crippen LogP contribution in [0, 0.1) is 5.92 Å². The van der Waals surface area contributed by atoms with Crippen LogP contribution in [0.25, 0.3) is 61.6 Å². The van der Waals surface area contributed by atoms with Crippen molar-refractivity contribution in [3.63, 3.8) is 0 Å². The van der Waals surface area contributed by atoms with Gasteiger partial charge in [-0.1, -0.05) is 56.7 Å². The number of allylic oxidation sites excluding steroid dienone is 1. The number of fused-ring (bicyclic) bond motifs is 14. The number of aliphatic hydroxyl groups excluding tert-OH is 3. The lowest BCUT2D eigenvalue weighted by molar-refractivity contribution is 0.426. The summed E-state index contributed by atoms with van der Waals surface area (Å²) in [5.74, 6) is -0.817. The monoisotopic (exact) mass is 710 g/mol. The molecule has 6 heterocycles. The van der Waals surface area contributed by atoms with Gasteiger partial charge in [-0.2, -0.15) is 0 Å². The number of hydrogen-bond acceptors (Lipinski definition) is 13. The van der Waals surface area contributed by atoms with Gasteiger partial charge in [0.15, 0.2) is 17.1 Å². The molecule has 254 valence electrons. The molecule has 1 aromatic carbocycles. The molecule has 1 aliphatic heterocycles. The molecule has 0 fully saturated rings. The second kappa shape index (κ2) is 13.6. The van der Waals surface area contributed by atoms with Crippen molar-refractivity contribution in [2.24, 2.45) is 20.9 Å². The molecule has 14 nitrogen and oxygen atoms in total. The summed E-state index contributed by atoms with van der Waals surface area (Å²) in [7, 11) is 0. The molecular formula is C34H30N8O6S2. The highest BCUT2D eigenvalue weighted by Gasteiger charge is 2.28. The van der Waals surface area contributed by atoms with Crippen molar-refractivity contribution in [3.8, 4) is 55.9 Å². The van der Waals surface area contributed by atoms with E-state index < -0.39 is 29.8 Å². The van der Waals surface area contributed by atoms with E-state index in [9.17, 15) is 15.3 Å². The minimum Gasteiger partial charge on any atom is -0.495 e. The molecule has 16 heteroatoms. The number of benzene rings is 1. The summed E-state index contributed by atoms with van der Waals surface area (Å²) in [6.45, 7) is 7.06. The van der Waals surface area contributed by atoms with Crippen LogP contribution in [0.15, 0.2) is 87.9 Å². The smallest absolute Gasteiger partial charge is 0.249 e. The van der Waals surface area contributed by atoms with E-state index in [0.29, 0.717) is 44.8 Å². The van der Waals surface area contributed by atoms with E-state index in [1.54, 1.807) is 25.3 Å². The first kappa shape index (κ1) is 32.8. The molecule has 0 radical (unpaired) electrons. The Balaban J connectivity index is 1.38. The Hall–Kier alpha value is -5.74. The number of nitrogens with zero attached hydrogens (tertiary/aromatic N) is 8. The third-order valence-corrected chi connectivity index (χ3v) is 9.63. The van der Waals surface area contributed by atoms with Crippen molar-refractivity contribution in [1.82, 2.24) is 24.9 Å². The molecule has 6 aromatic rings. The number of hydrogen-bond donors (Lipinski definition) is 3. The summed E-state index contributed by atoms with van der Waals surface area (Å²) in [6.07, 6.45) is 5.05. The van der Waals surface area contributed by atoms with E-state index in [1.807, 2.05) is 49.6 Å². The van der Waals surface area contributed by atoms with Gasteiger partial charge in [0, 0.05) is 16.3 Å². The van der Waals surface area contributed by atoms with Crippen LogP contribution in [0.1, 0.15) is 45.7 Å². The Morgan fingerprint density at radius 2 is 1.48 bits per heavy atom. The second-order valence-corrected chi connectivity index (χ2v) is 13.0. The summed E-state index contributed by atoms with van der Waals surface area (Å²) in [4.78, 5) is 36.2. The van der Waals surface area contributed by atoms with Crippen molar-refractivity contribution in [2.45, 2.75) is 46.2 Å². The van der Waals surface area contributed by atoms with E-state index in [4.69, 9.17) is 23.2 Å². The average molecular weight is 711 g/mol. The lowest BCUT2D eigenvalue weighted by atomic mass is 9.99. The van der Waals surface area contributed by atoms with Gasteiger partial charge < -0.3 is 28.6 Å². The third kappa shape index (κ3) is 6.37. The fourth-order valence-electron chi connectivity index (χ4n) is 4.97. The van der Waals surface area contributed by atoms with E-state index in [1.165, 1.54) is 35.2 Å². The lowest BCUT2D eigenvalue weighted by Crippen LogP contribution is -2.30. The quantitative estimate of drug-likeness (QED) is 0.159. The summed E-state index contributed by atoms with van der Waals surface area (Å²) in [5, 5.41) is 38.6. The molecule has 5 aromatic heterocycles. The Kier molecular flexibility index (Phi) is 8.95. The molecule has 3 atom stereocenters. The van der Waals surface area contributed by atoms with Crippen molar-refractivity contribution in [1.29, 1.82) is 0 Å². The Morgan fingerprint density at radius 1 is 0.800 bits per heavy atom. The Morgan fingerprint density at radius 3 is 2.24 bits per heavy atom. The molecule has 50 heavy (non-hydrogen) atoms. The van der Waals surface area contributed by atoms with Crippen LogP contribution in [0.3, 0.4) is 0 Å². The van der Waals surface area contributed by atoms with E-state index in [2.05, 4.69) is 29.9 Å². The van der Waals surface area contributed by atoms with Crippen LogP contribution in [-0.4, -0.2) is 70.0 Å². The molecule has 3 N–H and O–H groups in total. The van der Waals surface area contributed by atoms with Crippen molar-refractivity contribution in [2.75, 3.05) is 0 Å². The van der Waals surface area contributed by atoms with Crippen LogP contribution in [0.2, 0.25) is 0 Å². The molecule has 3 unspecified atom stereocenters. The molecule has 0 saturated carbocycles. The maximum Gasteiger partial charge on any atom is 0.249 e. The van der Waals surface area contributed by atoms with Crippen LogP contribution in [0.5, 0.6) is 0 Å². The SMILES string of the molecule is CC=C1N=C(O)C(C)N=C(O)C(C(C)CC)N=C(O)c2nc(oc2-c2ccccc2)-c2csc(n2)-c2csc(n2)-c2coc(n2)-c2coc1n2. The van der Waals surface area contributed by atoms with Gasteiger partial charge in [-0.3, -0.25) is 0 Å². The van der Waals surface area contributed by atoms with Crippen LogP contribution < -0.4 is 0 Å². The van der Waals surface area contributed by atoms with Crippen molar-refractivity contribution in [3.05, 3.63) is 71.3 Å². The molecule has 1 aliphatic rings. The fraction of sp³-hybridized carbons (Fsp3) is 0.235. The van der Waals surface area contributed by atoms with E-state index >= 15 is 0 Å². The van der Waals surface area contributed by atoms with Gasteiger partial charge in [-0.05, 0) is 19.8 Å². The van der Waals surface area contributed by atoms with Crippen molar-refractivity contribution < 1.29 is 28.6 Å². The standard InChI is InChI=1S/C34H30N8O6S2/c1-5-16(3)24-28(44)35-17(4)27(43)36-19(6-2)30-37-20(12-46-30)31-38-21(13-47-31)33-40-23(15-50-33)34-39-22(14-49-34)32-42-25(29(45)41-24)26(48-32)18-10-8-7-9-11-18/h6-17,24H,5H2,1-4H3,(H,35,44)(H,36,43)(H,41,45). The van der Waals surface area contributed by atoms with Gasteiger partial charge in [0.05, 0.1) is 0 Å². The van der Waals surface area contributed by atoms with Gasteiger partial charge in [0.2, 0.25) is 35.4 Å². The topological polar surface area (TPSA) is 202 Å². The van der Waals surface area contributed by atoms with Gasteiger partial charge in [0.25, 0.3) is 0 Å². The zero-order chi connectivity index (χ0) is 34.9. The Labute approximate surface area is 293 Å². The van der Waals surface area contributed by atoms with E-state index in [-0.39, 0.29) is 40.7 Å². The minimum atomic E-state index is -0.997. The largest absolute Gasteiger partial charge is 0.495 e. The highest BCUT2D eigenvalue weighted by molar-refractivity contribution is 7.15. The molecule has 10 bridgehead atoms. The maximum absolute atomic E-state index is 11.5. The van der Waals surface area contributed by atoms with Crippen LogP contribution in [0.4, 0.5) is 0 Å². The van der Waals surface area contributed by atoms with Gasteiger partial charge in [-0.25, -0.2) is 39.9 Å². The molecule has 0 spiro atoms. The molecule has 0 amide bonds. The van der Waals surface area contributed by atoms with Crippen LogP contribution in [-0.2, 0) is 0 Å². The highest BCUT2D eigenvalue weighted by Crippen LogP contribution is 2.36. The number of rotatable bonds is 3. The normalized spacial score (nSPS) is 18.2. The van der Waals surface area contributed by atoms with Gasteiger partial charge in [0.1, 0.15) is 57.4 Å². The predicted molar refractivity (Wildman–Crippen MR) is 191 cm³/mol. The van der Waals surface area contributed by atoms with Gasteiger partial charge in [-0.15, -0.1) is 22.7 Å². The first-order valence-corrected chi connectivity index (χ1v) is 17.4. The minimum absolute atomic E-state index is 0.0644. The zero-order valence-corrected chi connectivity index (χ0v) is 28.8. The second-order valence-electron chi connectivity index (χ2n) is 11.3. The number of thiazole rings is 2. The zero-order valence-electron chi connectivity index (χ0n) is 27.2. The van der Waals surface area contributed by atoms with Crippen LogP contribution >= 0.6 is 22.7 Å². The van der Waals surface area contributed by atoms with E-state index in [0.717, 1.165) is 0 Å². The summed E-state index contributed by atoms with van der Waals surface area (Å²) in [6, 6.07) is 7.20. The summed E-state index contributed by atoms with van der Waals surface area (Å²) >= 11 is 2.73. The summed E-state index contributed by atoms with van der Waals surface area (Å²) < 4.78 is 17.6. The number of aliphatic imine (C=N–C) groups is 3. The molecule has 0 aliphatic carbocycles. The number of oxazole rings is 3. The fourth-order valence-corrected chi connectivity index (χ4v) is 6.55. The first-order valence-electron chi connectivity index (χ1n) is 15.6. The maximum atomic E-state index is 11.5. The number of aliphatic hydroxyl groups is 3. The Bertz CT molecular complexity index is 2280. The molecular weight excluding hydrogens is 681 g/mol. The lowest BCUT2D eigenvalue weighted by Gasteiger charge is -2.18. The molecule has 0 saturated heterocycles. The third-order valence-electron chi connectivity index (χ3n) is 7.90. The summed E-state index contributed by atoms with van der Waals surface area (Å²) in [5.41, 5.74) is 2.80. The highest BCUT2D eigenvalue weighted by atomic mass is 32.1. The van der Waals surface area contributed by atoms with Crippen molar-refractivity contribution >= 4 is 46.1 Å². The first-order chi connectivity index (χ1) is 24.2. The van der Waals surface area contributed by atoms with Gasteiger partial charge >= 0.3 is 0 Å². The average Bonchev–Trinajstić information content (AvgIpc) is 3.97. The molecule has 7 rings (SSSR count).